The Morgan fingerprint density at radius 2 is 0.629 bits per heavy atom. The van der Waals surface area contributed by atoms with E-state index in [1.807, 2.05) is 7.11 Å². The molecule has 21 atom stereocenters. The maximum atomic E-state index is 12.0. The van der Waals surface area contributed by atoms with Crippen LogP contribution in [-0.2, 0) is 9.47 Å². The summed E-state index contributed by atoms with van der Waals surface area (Å²) >= 11 is 0. The van der Waals surface area contributed by atoms with Crippen molar-refractivity contribution in [1.82, 2.24) is 44.1 Å². The average molecular weight is 1640 g/mol. The fourth-order valence-corrected chi connectivity index (χ4v) is 26.4. The lowest BCUT2D eigenvalue weighted by molar-refractivity contribution is -0.137. The van der Waals surface area contributed by atoms with E-state index in [-0.39, 0.29) is 12.5 Å². The average Bonchev–Trinajstić information content (AvgIpc) is 1.60. The van der Waals surface area contributed by atoms with Gasteiger partial charge in [-0.25, -0.2) is 0 Å². The summed E-state index contributed by atoms with van der Waals surface area (Å²) in [6.07, 6.45) is 25.6. The van der Waals surface area contributed by atoms with Gasteiger partial charge in [0, 0.05) is 166 Å². The molecule has 116 heavy (non-hydrogen) atoms. The highest BCUT2D eigenvalue weighted by atomic mass is 19.3. The van der Waals surface area contributed by atoms with Crippen LogP contribution in [0.5, 0.6) is 0 Å². The first-order valence-corrected chi connectivity index (χ1v) is 50.4. The van der Waals surface area contributed by atoms with Crippen LogP contribution in [0.4, 0.5) is 8.78 Å². The normalized spacial score (nSPS) is 34.2. The fraction of sp³-hybridized carbons (Fsp3) is 1.00. The van der Waals surface area contributed by atoms with Crippen molar-refractivity contribution in [1.29, 1.82) is 0 Å². The van der Waals surface area contributed by atoms with E-state index in [0.29, 0.717) is 24.0 Å². The number of hydrogen-bond donors (Lipinski definition) is 0. The number of hydrogen-bond acceptors (Lipinski definition) is 11. The van der Waals surface area contributed by atoms with E-state index in [1.54, 1.807) is 0 Å². The Balaban J connectivity index is 0.000000233. The van der Waals surface area contributed by atoms with Gasteiger partial charge in [-0.15, -0.1) is 0 Å². The Kier molecular flexibility index (Phi) is 45.2. The van der Waals surface area contributed by atoms with Gasteiger partial charge in [0.1, 0.15) is 0 Å². The Morgan fingerprint density at radius 3 is 0.897 bits per heavy atom. The summed E-state index contributed by atoms with van der Waals surface area (Å²) in [5, 5.41) is 0. The minimum absolute atomic E-state index is 0.185. The first-order chi connectivity index (χ1) is 54.1. The predicted octanol–water partition coefficient (Wildman–Crippen LogP) is 24.8. The number of methoxy groups -OCH3 is 1. The third-order valence-corrected chi connectivity index (χ3v) is 31.1. The molecule has 0 aromatic carbocycles. The van der Waals surface area contributed by atoms with Gasteiger partial charge in [0.15, 0.2) is 0 Å². The molecule has 9 heterocycles. The minimum Gasteiger partial charge on any atom is -0.384 e. The number of rotatable bonds is 23. The van der Waals surface area contributed by atoms with E-state index in [1.165, 1.54) is 129 Å². The van der Waals surface area contributed by atoms with Gasteiger partial charge in [0.05, 0.1) is 13.2 Å². The van der Waals surface area contributed by atoms with Crippen LogP contribution in [0.25, 0.3) is 0 Å². The van der Waals surface area contributed by atoms with Gasteiger partial charge >= 0.3 is 6.61 Å². The highest BCUT2D eigenvalue weighted by Gasteiger charge is 2.54. The van der Waals surface area contributed by atoms with Crippen molar-refractivity contribution in [2.45, 2.75) is 524 Å². The van der Waals surface area contributed by atoms with Crippen LogP contribution in [0.3, 0.4) is 0 Å². The first kappa shape index (κ1) is 106. The number of alkyl halides is 2. The number of fused-ring (bicyclic) bond motifs is 7. The van der Waals surface area contributed by atoms with Crippen LogP contribution in [0.15, 0.2) is 0 Å². The largest absolute Gasteiger partial charge is 0.384 e. The predicted molar refractivity (Wildman–Crippen MR) is 502 cm³/mol. The highest BCUT2D eigenvalue weighted by molar-refractivity contribution is 5.08. The van der Waals surface area contributed by atoms with Gasteiger partial charge in [0.2, 0.25) is 0 Å². The summed E-state index contributed by atoms with van der Waals surface area (Å²) in [5.74, 6) is 13.2. The van der Waals surface area contributed by atoms with Gasteiger partial charge in [-0.2, -0.15) is 8.78 Å². The second-order valence-corrected chi connectivity index (χ2v) is 46.1. The van der Waals surface area contributed by atoms with E-state index in [4.69, 9.17) is 4.74 Å². The topological polar surface area (TPSA) is 47.6 Å². The molecule has 0 aromatic heterocycles. The van der Waals surface area contributed by atoms with Crippen LogP contribution >= 0.6 is 0 Å². The molecule has 11 unspecified atom stereocenters. The monoisotopic (exact) mass is 1640 g/mol. The third-order valence-electron chi connectivity index (χ3n) is 31.1. The van der Waals surface area contributed by atoms with Gasteiger partial charge in [0.25, 0.3) is 0 Å². The molecule has 0 N–H and O–H groups in total. The van der Waals surface area contributed by atoms with Crippen molar-refractivity contribution >= 4 is 0 Å². The molecule has 0 spiro atoms. The molecule has 0 aromatic rings. The zero-order valence-electron chi connectivity index (χ0n) is 84.7. The summed E-state index contributed by atoms with van der Waals surface area (Å²) < 4.78 is 33.6. The molecule has 0 radical (unpaired) electrons. The SMILES string of the molecule is CC(C)C1C2CCC(C2)N1C(C)C.CC(C)C1[C@@H]2CC[C@@H](C2)N1C(C)C.CC(C)C1[C@H]2CC[C@H](C2)N1C(C)C.CC(C)[C@@H]1CC(COC(F)F)CN1C(C)C.CC(C)[C@@H]1CC2CC2N1C(C)C.CC(C)[C@@H]1CCC(C)N1C(C)C.CC(C)[C@@H]1CCCN1C(C)C.CC1C[C@@H](C(C)C)N(C(C)C)C1.COCC1C[C@@H](C(C)C)N(C(C)C)C1. The quantitative estimate of drug-likeness (QED) is 0.0983. The molecule has 6 bridgehead atoms. The number of halogens is 2. The Bertz CT molecular complexity index is 2350. The molecule has 4 saturated carbocycles. The third kappa shape index (κ3) is 29.8. The molecule has 0 amide bonds. The van der Waals surface area contributed by atoms with E-state index in [2.05, 4.69) is 312 Å². The van der Waals surface area contributed by atoms with Crippen molar-refractivity contribution in [3.05, 3.63) is 0 Å². The summed E-state index contributed by atoms with van der Waals surface area (Å²) in [4.78, 5) is 24.2. The summed E-state index contributed by atoms with van der Waals surface area (Å²) in [6.45, 7) is 91.7. The summed E-state index contributed by atoms with van der Waals surface area (Å²) in [7, 11) is 1.81. The lowest BCUT2D eigenvalue weighted by Gasteiger charge is -2.40. The molecule has 13 aliphatic rings. The van der Waals surface area contributed by atoms with Crippen LogP contribution in [0, 0.1) is 94.7 Å². The van der Waals surface area contributed by atoms with E-state index in [0.717, 1.165) is 223 Å². The van der Waals surface area contributed by atoms with Crippen LogP contribution < -0.4 is 0 Å². The van der Waals surface area contributed by atoms with Crippen molar-refractivity contribution in [3.8, 4) is 0 Å². The second kappa shape index (κ2) is 49.5. The number of nitrogens with zero attached hydrogens (tertiary/aromatic N) is 9. The molecule has 13 rings (SSSR count). The highest BCUT2D eigenvalue weighted by Crippen LogP contribution is 2.52. The Hall–Kier alpha value is -0.580. The van der Waals surface area contributed by atoms with Gasteiger partial charge in [-0.05, 0) is 348 Å². The zero-order chi connectivity index (χ0) is 87.7. The lowest BCUT2D eigenvalue weighted by atomic mass is 9.89. The lowest BCUT2D eigenvalue weighted by Crippen LogP contribution is -2.47. The second-order valence-electron chi connectivity index (χ2n) is 46.1. The van der Waals surface area contributed by atoms with E-state index in [9.17, 15) is 8.78 Å². The molecule has 11 nitrogen and oxygen atoms in total. The van der Waals surface area contributed by atoms with Crippen molar-refractivity contribution < 1.29 is 18.3 Å². The number of piperidine rings is 4. The van der Waals surface area contributed by atoms with Crippen LogP contribution in [-0.4, -0.2) is 236 Å². The maximum absolute atomic E-state index is 12.0. The zero-order valence-corrected chi connectivity index (χ0v) is 84.7. The van der Waals surface area contributed by atoms with Gasteiger partial charge < -0.3 is 9.47 Å². The molecule has 688 valence electrons. The standard InChI is InChI=1S/C12H23F2NO.C12H25NO.3C12H23N.C11H21N.2C11H23N.C10H21N/c1-8(2)11-5-10(7-16-12(13)14)6-15(11)9(3)4;1-9(2)12-6-11(8-14-5)7-13(12)10(3)4;3*1-8(2)12-10-5-6-11(7-10)13(12)9(3)4;1-7(2)10-5-9-6-11(9)12(10)8(3)4;1-8(2)11-6-10(5)7-12(11)9(3)4;1-8(2)11-7-6-10(5)12(11)9(3)4;1-8(2)10-6-5-7-11(10)9(3)4/h8-12H,5-7H2,1-4H3;9-12H,6-8H2,1-5H3;3*8-12H,5-7H2,1-4H3;7-11H,5-6H2,1-4H3;2*8-11H,6-7H2,1-5H3;8-10H,5-7H2,1-4H3/t10?,11-;11?,12-;2*10-,11+,12?;;9?,10-,11?;2*10?,11-;10-/m0010.0000/s1. The van der Waals surface area contributed by atoms with Crippen molar-refractivity contribution in [2.24, 2.45) is 94.7 Å². The Morgan fingerprint density at radius 1 is 0.284 bits per heavy atom. The number of ether oxygens (including phenoxy) is 2. The van der Waals surface area contributed by atoms with Crippen LogP contribution in [0.2, 0.25) is 0 Å². The minimum atomic E-state index is -2.63. The molecule has 9 saturated heterocycles. The maximum Gasteiger partial charge on any atom is 0.345 e. The number of likely N-dealkylation sites (tertiary alicyclic amines) is 9. The molecule has 13 heteroatoms. The molecule has 13 fully saturated rings. The van der Waals surface area contributed by atoms with Crippen molar-refractivity contribution in [3.63, 3.8) is 0 Å². The summed E-state index contributed by atoms with van der Waals surface area (Å²) in [5.41, 5.74) is 0. The molecular weight excluding hydrogens is 1430 g/mol. The Labute approximate surface area is 723 Å². The summed E-state index contributed by atoms with van der Waals surface area (Å²) in [6, 6.07) is 18.2. The van der Waals surface area contributed by atoms with Gasteiger partial charge in [-0.1, -0.05) is 132 Å². The molecule has 4 aliphatic carbocycles. The molecular formula is C103H205F2N9O2. The van der Waals surface area contributed by atoms with E-state index >= 15 is 0 Å². The smallest absolute Gasteiger partial charge is 0.345 e. The van der Waals surface area contributed by atoms with Crippen LogP contribution in [0.1, 0.15) is 379 Å². The molecule has 9 aliphatic heterocycles. The van der Waals surface area contributed by atoms with E-state index < -0.39 is 6.61 Å². The van der Waals surface area contributed by atoms with Crippen molar-refractivity contribution in [2.75, 3.05) is 46.5 Å². The fourth-order valence-electron chi connectivity index (χ4n) is 26.4. The van der Waals surface area contributed by atoms with Gasteiger partial charge in [-0.3, -0.25) is 44.1 Å². The first-order valence-electron chi connectivity index (χ1n) is 50.4.